The average Bonchev–Trinajstić information content (AvgIpc) is 2.92. The van der Waals surface area contributed by atoms with Gasteiger partial charge in [0.2, 0.25) is 5.91 Å². The quantitative estimate of drug-likeness (QED) is 0.526. The van der Waals surface area contributed by atoms with Gasteiger partial charge in [0.05, 0.1) is 12.0 Å². The Labute approximate surface area is 142 Å². The predicted octanol–water partition coefficient (Wildman–Crippen LogP) is 0.894. The lowest BCUT2D eigenvalue weighted by Crippen LogP contribution is -2.64. The fraction of sp³-hybridized carbons (Fsp3) is 0.938. The van der Waals surface area contributed by atoms with Crippen LogP contribution >= 0.6 is 11.6 Å². The van der Waals surface area contributed by atoms with Gasteiger partial charge in [0.1, 0.15) is 0 Å². The molecule has 1 amide bonds. The van der Waals surface area contributed by atoms with Crippen LogP contribution in [0.15, 0.2) is 0 Å². The van der Waals surface area contributed by atoms with Gasteiger partial charge in [-0.2, -0.15) is 0 Å². The number of nitrogens with zero attached hydrogens (tertiary/aromatic N) is 1. The first-order valence-corrected chi connectivity index (χ1v) is 9.31. The lowest BCUT2D eigenvalue weighted by molar-refractivity contribution is -0.142. The Balaban J connectivity index is 1.57. The summed E-state index contributed by atoms with van der Waals surface area (Å²) >= 11 is 6.85. The summed E-state index contributed by atoms with van der Waals surface area (Å²) in [6, 6.07) is -0.564. The number of carbonyl (C=O) groups excluding carboxylic acids is 1. The molecule has 0 aromatic heterocycles. The molecule has 1 saturated heterocycles. The van der Waals surface area contributed by atoms with Crippen LogP contribution in [-0.4, -0.2) is 51.4 Å². The lowest BCUT2D eigenvalue weighted by Gasteiger charge is -2.61. The van der Waals surface area contributed by atoms with Crippen molar-refractivity contribution >= 4 is 24.6 Å². The molecule has 0 aromatic carbocycles. The number of halogens is 1. The molecule has 4 atom stereocenters. The highest BCUT2D eigenvalue weighted by Gasteiger charge is 2.60. The van der Waals surface area contributed by atoms with Crippen LogP contribution in [0.25, 0.3) is 0 Å². The third kappa shape index (κ3) is 2.53. The maximum absolute atomic E-state index is 13.0. The second-order valence-corrected chi connectivity index (χ2v) is 9.41. The minimum Gasteiger partial charge on any atom is -0.426 e. The summed E-state index contributed by atoms with van der Waals surface area (Å²) in [6.07, 6.45) is 7.65. The van der Waals surface area contributed by atoms with E-state index >= 15 is 0 Å². The minimum absolute atomic E-state index is 0.109. The Hall–Kier alpha value is -0.295. The van der Waals surface area contributed by atoms with Crippen molar-refractivity contribution in [1.29, 1.82) is 0 Å². The number of hydrogen-bond donors (Lipinski definition) is 3. The normalized spacial score (nSPS) is 46.3. The molecule has 23 heavy (non-hydrogen) atoms. The summed E-state index contributed by atoms with van der Waals surface area (Å²) in [6.45, 7) is 0.573. The van der Waals surface area contributed by atoms with Gasteiger partial charge in [-0.05, 0) is 68.6 Å². The SMILES string of the molecule is NC(C(=O)N1CCCC1B(O)O)C12CC3CC(CC(Cl)(C3)C1)C2. The first-order valence-electron chi connectivity index (χ1n) is 8.93. The third-order valence-corrected chi connectivity index (χ3v) is 7.33. The zero-order valence-corrected chi connectivity index (χ0v) is 14.2. The standard InChI is InChI=1S/C16H26BClN2O3/c18-16-7-10-4-11(8-16)6-15(5-10,9-16)13(19)14(21)20-3-1-2-12(20)17(22)23/h10-13,22-23H,1-9,19H2. The van der Waals surface area contributed by atoms with Gasteiger partial charge in [-0.3, -0.25) is 4.79 Å². The van der Waals surface area contributed by atoms with E-state index in [2.05, 4.69) is 0 Å². The second kappa shape index (κ2) is 5.35. The van der Waals surface area contributed by atoms with Crippen LogP contribution in [0.2, 0.25) is 0 Å². The van der Waals surface area contributed by atoms with Crippen molar-refractivity contribution < 1.29 is 14.8 Å². The van der Waals surface area contributed by atoms with E-state index in [9.17, 15) is 14.8 Å². The summed E-state index contributed by atoms with van der Waals surface area (Å²) in [4.78, 5) is 14.5. The van der Waals surface area contributed by atoms with Crippen LogP contribution in [0.4, 0.5) is 0 Å². The van der Waals surface area contributed by atoms with Gasteiger partial charge < -0.3 is 20.7 Å². The van der Waals surface area contributed by atoms with Crippen LogP contribution in [0.3, 0.4) is 0 Å². The van der Waals surface area contributed by atoms with Crippen molar-refractivity contribution in [2.45, 2.75) is 68.2 Å². The van der Waals surface area contributed by atoms with Crippen LogP contribution in [0.5, 0.6) is 0 Å². The smallest absolute Gasteiger partial charge is 0.426 e. The number of nitrogens with two attached hydrogens (primary N) is 1. The van der Waals surface area contributed by atoms with Crippen molar-refractivity contribution in [3.05, 3.63) is 0 Å². The Bertz CT molecular complexity index is 504. The van der Waals surface area contributed by atoms with Crippen LogP contribution < -0.4 is 5.73 Å². The van der Waals surface area contributed by atoms with E-state index in [0.717, 1.165) is 38.5 Å². The van der Waals surface area contributed by atoms with Gasteiger partial charge in [0.25, 0.3) is 0 Å². The molecule has 0 spiro atoms. The second-order valence-electron chi connectivity index (χ2n) is 8.61. The van der Waals surface area contributed by atoms with E-state index in [1.54, 1.807) is 4.90 Å². The van der Waals surface area contributed by atoms with E-state index in [1.165, 1.54) is 6.42 Å². The molecule has 4 bridgehead atoms. The number of alkyl halides is 1. The van der Waals surface area contributed by atoms with Crippen LogP contribution in [-0.2, 0) is 4.79 Å². The van der Waals surface area contributed by atoms with Crippen molar-refractivity contribution in [1.82, 2.24) is 4.90 Å². The predicted molar refractivity (Wildman–Crippen MR) is 88.6 cm³/mol. The Kier molecular flexibility index (Phi) is 3.77. The molecular weight excluding hydrogens is 314 g/mol. The van der Waals surface area contributed by atoms with E-state index in [0.29, 0.717) is 24.8 Å². The van der Waals surface area contributed by atoms with Crippen molar-refractivity contribution in [3.63, 3.8) is 0 Å². The molecule has 1 heterocycles. The summed E-state index contributed by atoms with van der Waals surface area (Å²) < 4.78 is 0. The molecule has 4 N–H and O–H groups in total. The van der Waals surface area contributed by atoms with E-state index in [1.807, 2.05) is 0 Å². The molecule has 0 radical (unpaired) electrons. The summed E-state index contributed by atoms with van der Waals surface area (Å²) in [5.74, 6) is 0.589. The lowest BCUT2D eigenvalue weighted by atomic mass is 9.47. The molecule has 128 valence electrons. The molecule has 5 fully saturated rings. The molecule has 4 unspecified atom stereocenters. The molecule has 5 aliphatic rings. The van der Waals surface area contributed by atoms with Gasteiger partial charge in [-0.1, -0.05) is 0 Å². The van der Waals surface area contributed by atoms with Crippen LogP contribution in [0, 0.1) is 17.3 Å². The number of hydrogen-bond acceptors (Lipinski definition) is 4. The van der Waals surface area contributed by atoms with Crippen molar-refractivity contribution in [2.24, 2.45) is 23.0 Å². The highest BCUT2D eigenvalue weighted by molar-refractivity contribution is 6.43. The fourth-order valence-corrected chi connectivity index (χ4v) is 7.10. The van der Waals surface area contributed by atoms with Gasteiger partial charge in [-0.15, -0.1) is 11.6 Å². The largest absolute Gasteiger partial charge is 0.475 e. The van der Waals surface area contributed by atoms with E-state index < -0.39 is 19.1 Å². The zero-order chi connectivity index (χ0) is 16.4. The molecule has 4 aliphatic carbocycles. The average molecular weight is 341 g/mol. The Morgan fingerprint density at radius 2 is 1.91 bits per heavy atom. The molecule has 4 saturated carbocycles. The summed E-state index contributed by atoms with van der Waals surface area (Å²) in [5.41, 5.74) is 6.32. The van der Waals surface area contributed by atoms with Crippen molar-refractivity contribution in [2.75, 3.05) is 6.54 Å². The topological polar surface area (TPSA) is 86.8 Å². The van der Waals surface area contributed by atoms with Crippen molar-refractivity contribution in [3.8, 4) is 0 Å². The van der Waals surface area contributed by atoms with Gasteiger partial charge in [0, 0.05) is 11.4 Å². The number of amides is 1. The van der Waals surface area contributed by atoms with E-state index in [-0.39, 0.29) is 16.2 Å². The first kappa shape index (κ1) is 16.2. The molecule has 5 nitrogen and oxygen atoms in total. The summed E-state index contributed by atoms with van der Waals surface area (Å²) in [5, 5.41) is 19.1. The monoisotopic (exact) mass is 340 g/mol. The summed E-state index contributed by atoms with van der Waals surface area (Å²) in [7, 11) is -1.48. The number of rotatable bonds is 3. The molecule has 0 aromatic rings. The maximum Gasteiger partial charge on any atom is 0.475 e. The molecule has 1 aliphatic heterocycles. The Morgan fingerprint density at radius 1 is 1.26 bits per heavy atom. The van der Waals surface area contributed by atoms with Gasteiger partial charge in [-0.25, -0.2) is 0 Å². The highest BCUT2D eigenvalue weighted by Crippen LogP contribution is 2.64. The Morgan fingerprint density at radius 3 is 2.48 bits per heavy atom. The van der Waals surface area contributed by atoms with Crippen LogP contribution in [0.1, 0.15) is 51.4 Å². The first-order chi connectivity index (χ1) is 10.8. The number of likely N-dealkylation sites (tertiary alicyclic amines) is 1. The maximum atomic E-state index is 13.0. The van der Waals surface area contributed by atoms with E-state index in [4.69, 9.17) is 17.3 Å². The van der Waals surface area contributed by atoms with Gasteiger partial charge in [0.15, 0.2) is 0 Å². The van der Waals surface area contributed by atoms with Gasteiger partial charge >= 0.3 is 7.12 Å². The molecular formula is C16H26BClN2O3. The molecule has 7 heteroatoms. The highest BCUT2D eigenvalue weighted by atomic mass is 35.5. The fourth-order valence-electron chi connectivity index (χ4n) is 6.40. The molecule has 5 rings (SSSR count). The minimum atomic E-state index is -1.48. The zero-order valence-electron chi connectivity index (χ0n) is 13.5. The third-order valence-electron chi connectivity index (χ3n) is 6.89. The number of carbonyl (C=O) groups is 1.